The van der Waals surface area contributed by atoms with Crippen LogP contribution < -0.4 is 10.6 Å². The fourth-order valence-corrected chi connectivity index (χ4v) is 3.48. The summed E-state index contributed by atoms with van der Waals surface area (Å²) in [4.78, 5) is 5.70. The third-order valence-electron chi connectivity index (χ3n) is 4.98. The van der Waals surface area contributed by atoms with Crippen molar-refractivity contribution < 1.29 is 13.2 Å². The number of pyridine rings is 1. The van der Waals surface area contributed by atoms with Crippen molar-refractivity contribution in [1.29, 1.82) is 0 Å². The van der Waals surface area contributed by atoms with Crippen LogP contribution in [0.3, 0.4) is 0 Å². The van der Waals surface area contributed by atoms with Gasteiger partial charge in [-0.1, -0.05) is 6.07 Å². The monoisotopic (exact) mass is 397 g/mol. The first-order chi connectivity index (χ1) is 13.4. The maximum absolute atomic E-state index is 12.4. The van der Waals surface area contributed by atoms with Gasteiger partial charge in [0, 0.05) is 19.8 Å². The van der Waals surface area contributed by atoms with Crippen molar-refractivity contribution in [3.63, 3.8) is 0 Å². The third kappa shape index (κ3) is 5.82. The molecule has 0 radical (unpaired) electrons. The zero-order valence-electron chi connectivity index (χ0n) is 15.9. The van der Waals surface area contributed by atoms with Crippen molar-refractivity contribution in [2.24, 2.45) is 10.9 Å². The number of hydrogen-bond acceptors (Lipinski definition) is 4. The minimum atomic E-state index is -4.11. The quantitative estimate of drug-likeness (QED) is 0.577. The van der Waals surface area contributed by atoms with Crippen LogP contribution in [0.25, 0.3) is 5.65 Å². The average molecular weight is 397 g/mol. The van der Waals surface area contributed by atoms with E-state index in [1.165, 1.54) is 4.90 Å². The highest BCUT2D eigenvalue weighted by Crippen LogP contribution is 2.23. The molecule has 0 atom stereocenters. The summed E-state index contributed by atoms with van der Waals surface area (Å²) in [5.41, 5.74) is 0.791. The Bertz CT molecular complexity index is 779. The summed E-state index contributed by atoms with van der Waals surface area (Å²) >= 11 is 0. The van der Waals surface area contributed by atoms with E-state index < -0.39 is 12.7 Å². The molecule has 0 saturated carbocycles. The first-order valence-corrected chi connectivity index (χ1v) is 9.47. The molecule has 0 aliphatic carbocycles. The van der Waals surface area contributed by atoms with E-state index in [0.717, 1.165) is 37.3 Å². The van der Waals surface area contributed by atoms with Gasteiger partial charge in [0.25, 0.3) is 0 Å². The van der Waals surface area contributed by atoms with Crippen molar-refractivity contribution in [3.05, 3.63) is 30.2 Å². The zero-order chi connectivity index (χ0) is 20.0. The molecule has 1 saturated heterocycles. The first kappa shape index (κ1) is 20.4. The molecule has 3 rings (SSSR count). The van der Waals surface area contributed by atoms with Crippen LogP contribution in [0.15, 0.2) is 29.4 Å². The number of guanidine groups is 1. The number of nitrogens with one attached hydrogen (secondary N) is 2. The van der Waals surface area contributed by atoms with Gasteiger partial charge in [0.2, 0.25) is 0 Å². The van der Waals surface area contributed by atoms with Gasteiger partial charge in [0.15, 0.2) is 17.4 Å². The SMILES string of the molecule is CN=C(NCCC1CCN(CC(F)(F)F)CC1)NCc1nnc2ccccn12. The zero-order valence-corrected chi connectivity index (χ0v) is 15.9. The van der Waals surface area contributed by atoms with Gasteiger partial charge in [-0.25, -0.2) is 0 Å². The van der Waals surface area contributed by atoms with Crippen LogP contribution in [-0.2, 0) is 6.54 Å². The van der Waals surface area contributed by atoms with E-state index >= 15 is 0 Å². The number of alkyl halides is 3. The van der Waals surface area contributed by atoms with Crippen LogP contribution in [0.5, 0.6) is 0 Å². The van der Waals surface area contributed by atoms with Gasteiger partial charge in [-0.2, -0.15) is 13.2 Å². The standard InChI is InChI=1S/C18H26F3N7/c1-22-17(24-12-16-26-25-15-4-2-3-9-28(15)16)23-8-5-14-6-10-27(11-7-14)13-18(19,20)21/h2-4,9,14H,5-8,10-13H2,1H3,(H2,22,23,24). The van der Waals surface area contributed by atoms with Gasteiger partial charge >= 0.3 is 6.18 Å². The van der Waals surface area contributed by atoms with Gasteiger partial charge in [0.1, 0.15) is 0 Å². The van der Waals surface area contributed by atoms with Gasteiger partial charge in [-0.3, -0.25) is 14.3 Å². The van der Waals surface area contributed by atoms with Crippen LogP contribution in [0.2, 0.25) is 0 Å². The van der Waals surface area contributed by atoms with Crippen molar-refractivity contribution in [2.75, 3.05) is 33.2 Å². The van der Waals surface area contributed by atoms with Gasteiger partial charge in [-0.05, 0) is 50.4 Å². The summed E-state index contributed by atoms with van der Waals surface area (Å²) in [6.07, 6.45) is 0.315. The van der Waals surface area contributed by atoms with E-state index in [-0.39, 0.29) is 0 Å². The third-order valence-corrected chi connectivity index (χ3v) is 4.98. The van der Waals surface area contributed by atoms with E-state index in [9.17, 15) is 13.2 Å². The Morgan fingerprint density at radius 3 is 2.71 bits per heavy atom. The Balaban J connectivity index is 1.37. The normalized spacial score (nSPS) is 17.2. The highest BCUT2D eigenvalue weighted by atomic mass is 19.4. The van der Waals surface area contributed by atoms with E-state index in [0.29, 0.717) is 31.5 Å². The van der Waals surface area contributed by atoms with Crippen molar-refractivity contribution in [2.45, 2.75) is 32.0 Å². The second-order valence-corrected chi connectivity index (χ2v) is 7.02. The van der Waals surface area contributed by atoms with Gasteiger partial charge < -0.3 is 10.6 Å². The molecule has 0 amide bonds. The van der Waals surface area contributed by atoms with Crippen LogP contribution in [0, 0.1) is 5.92 Å². The van der Waals surface area contributed by atoms with Crippen molar-refractivity contribution >= 4 is 11.6 Å². The predicted molar refractivity (Wildman–Crippen MR) is 101 cm³/mol. The Labute approximate surface area is 162 Å². The average Bonchev–Trinajstić information content (AvgIpc) is 3.08. The fraction of sp³-hybridized carbons (Fsp3) is 0.611. The summed E-state index contributed by atoms with van der Waals surface area (Å²) in [6.45, 7) is 1.44. The molecule has 154 valence electrons. The van der Waals surface area contributed by atoms with Crippen LogP contribution in [-0.4, -0.2) is 64.9 Å². The number of nitrogens with zero attached hydrogens (tertiary/aromatic N) is 5. The lowest BCUT2D eigenvalue weighted by Crippen LogP contribution is -2.41. The van der Waals surface area contributed by atoms with Gasteiger partial charge in [0.05, 0.1) is 13.1 Å². The predicted octanol–water partition coefficient (Wildman–Crippen LogP) is 2.06. The molecule has 10 heteroatoms. The number of fused-ring (bicyclic) bond motifs is 1. The molecule has 0 unspecified atom stereocenters. The molecular formula is C18H26F3N7. The highest BCUT2D eigenvalue weighted by Gasteiger charge is 2.32. The van der Waals surface area contributed by atoms with Crippen LogP contribution in [0.4, 0.5) is 13.2 Å². The molecule has 2 aromatic heterocycles. The lowest BCUT2D eigenvalue weighted by Gasteiger charge is -2.32. The number of hydrogen-bond donors (Lipinski definition) is 2. The fourth-order valence-electron chi connectivity index (χ4n) is 3.48. The lowest BCUT2D eigenvalue weighted by molar-refractivity contribution is -0.148. The molecule has 1 fully saturated rings. The second-order valence-electron chi connectivity index (χ2n) is 7.02. The summed E-state index contributed by atoms with van der Waals surface area (Å²) in [6, 6.07) is 5.73. The molecule has 2 N–H and O–H groups in total. The number of likely N-dealkylation sites (tertiary alicyclic amines) is 1. The van der Waals surface area contributed by atoms with Gasteiger partial charge in [-0.15, -0.1) is 10.2 Å². The minimum absolute atomic E-state index is 0.440. The maximum atomic E-state index is 12.4. The Morgan fingerprint density at radius 2 is 2.00 bits per heavy atom. The molecule has 3 heterocycles. The smallest absolute Gasteiger partial charge is 0.356 e. The van der Waals surface area contributed by atoms with E-state index in [1.807, 2.05) is 28.8 Å². The lowest BCUT2D eigenvalue weighted by atomic mass is 9.93. The molecule has 28 heavy (non-hydrogen) atoms. The first-order valence-electron chi connectivity index (χ1n) is 9.47. The summed E-state index contributed by atoms with van der Waals surface area (Å²) < 4.78 is 39.3. The van der Waals surface area contributed by atoms with Crippen LogP contribution >= 0.6 is 0 Å². The molecule has 1 aliphatic heterocycles. The molecule has 0 spiro atoms. The van der Waals surface area contributed by atoms with Crippen molar-refractivity contribution in [3.8, 4) is 0 Å². The molecule has 0 bridgehead atoms. The Hall–Kier alpha value is -2.36. The largest absolute Gasteiger partial charge is 0.401 e. The Kier molecular flexibility index (Phi) is 6.71. The Morgan fingerprint density at radius 1 is 1.21 bits per heavy atom. The molecule has 0 aromatic carbocycles. The number of rotatable bonds is 6. The van der Waals surface area contributed by atoms with E-state index in [2.05, 4.69) is 25.8 Å². The summed E-state index contributed by atoms with van der Waals surface area (Å²) in [7, 11) is 1.70. The molecule has 2 aromatic rings. The molecular weight excluding hydrogens is 371 g/mol. The van der Waals surface area contributed by atoms with E-state index in [1.54, 1.807) is 7.05 Å². The second kappa shape index (κ2) is 9.22. The van der Waals surface area contributed by atoms with Crippen LogP contribution in [0.1, 0.15) is 25.1 Å². The minimum Gasteiger partial charge on any atom is -0.356 e. The molecule has 1 aliphatic rings. The maximum Gasteiger partial charge on any atom is 0.401 e. The number of piperidine rings is 1. The number of halogens is 3. The number of aliphatic imine (C=N–C) groups is 1. The van der Waals surface area contributed by atoms with Crippen molar-refractivity contribution in [1.82, 2.24) is 30.1 Å². The summed E-state index contributed by atoms with van der Waals surface area (Å²) in [5, 5.41) is 14.8. The molecule has 7 nitrogen and oxygen atoms in total. The summed E-state index contributed by atoms with van der Waals surface area (Å²) in [5.74, 6) is 1.90. The van der Waals surface area contributed by atoms with E-state index in [4.69, 9.17) is 0 Å². The topological polar surface area (TPSA) is 69.8 Å². The number of aromatic nitrogens is 3. The highest BCUT2D eigenvalue weighted by molar-refractivity contribution is 5.79.